The number of nitrogens with zero attached hydrogens (tertiary/aromatic N) is 3. The molecule has 3 radical (unpaired) electrons. The number of nitrogens with two attached hydrogens (primary N) is 1. The molecular weight excluding hydrogens is 1700 g/mol. The molecule has 5 aromatic rings. The number of hydrogen-bond acceptors (Lipinski definition) is 7. The van der Waals surface area contributed by atoms with Crippen molar-refractivity contribution in [1.82, 2.24) is 20.4 Å². The van der Waals surface area contributed by atoms with Gasteiger partial charge in [0, 0.05) is 116 Å². The van der Waals surface area contributed by atoms with E-state index in [0.29, 0.717) is 31.1 Å². The van der Waals surface area contributed by atoms with Crippen LogP contribution < -0.4 is 39.6 Å². The van der Waals surface area contributed by atoms with Crippen molar-refractivity contribution in [1.29, 1.82) is 0 Å². The Balaban J connectivity index is -0.000000450. The zero-order valence-corrected chi connectivity index (χ0v) is 64.5. The van der Waals surface area contributed by atoms with Crippen LogP contribution >= 0.6 is 37.2 Å². The van der Waals surface area contributed by atoms with Gasteiger partial charge in [0.1, 0.15) is 11.3 Å². The summed E-state index contributed by atoms with van der Waals surface area (Å²) < 4.78 is 11.7. The number of halogens is 3. The van der Waals surface area contributed by atoms with Gasteiger partial charge in [0.05, 0.1) is 12.7 Å². The quantitative estimate of drug-likeness (QED) is 0.0521. The molecule has 18 heteroatoms. The third kappa shape index (κ3) is 20.3. The second-order valence-corrected chi connectivity index (χ2v) is 35.6. The molecule has 2 heterocycles. The van der Waals surface area contributed by atoms with Gasteiger partial charge in [-0.25, -0.2) is 4.79 Å². The normalized spacial score (nSPS) is 10.9. The summed E-state index contributed by atoms with van der Waals surface area (Å²) in [6, 6.07) is 0. The van der Waals surface area contributed by atoms with Crippen LogP contribution in [0, 0.1) is 119 Å². The van der Waals surface area contributed by atoms with E-state index in [1.54, 1.807) is 6.92 Å². The van der Waals surface area contributed by atoms with Crippen LogP contribution in [0.25, 0.3) is 33.7 Å². The number of H-pyrrole nitrogens is 1. The second-order valence-electron chi connectivity index (χ2n) is 17.3. The van der Waals surface area contributed by atoms with Crippen molar-refractivity contribution in [3.8, 4) is 64.2 Å². The minimum Gasteiger partial charge on any atom is -0.615 e. The molecule has 0 atom stereocenters. The topological polar surface area (TPSA) is 180 Å². The third-order valence-corrected chi connectivity index (χ3v) is 14.3. The van der Waals surface area contributed by atoms with Crippen molar-refractivity contribution in [3.63, 3.8) is 0 Å². The number of ether oxygens (including phenoxy) is 2. The molecule has 8 rings (SSSR count). The number of nitrogens with one attached hydrogen (secondary N) is 2. The number of benzene rings is 3. The van der Waals surface area contributed by atoms with Crippen LogP contribution in [-0.4, -0.2) is 32.5 Å². The molecular formula is C59H77I3N6O5WY3-4. The molecule has 0 amide bonds. The summed E-state index contributed by atoms with van der Waals surface area (Å²) in [5.41, 5.74) is 27.0. The number of rotatable bonds is 3. The van der Waals surface area contributed by atoms with E-state index in [4.69, 9.17) is 21.7 Å². The maximum Gasteiger partial charge on any atom is 0 e. The molecule has 11 nitrogen and oxygen atoms in total. The van der Waals surface area contributed by atoms with Crippen LogP contribution in [-0.2, 0) is 159 Å². The van der Waals surface area contributed by atoms with Gasteiger partial charge in [-0.3, -0.25) is 0 Å². The predicted octanol–water partition coefficient (Wildman–Crippen LogP) is 10.4. The molecule has 0 spiro atoms. The number of aromatic nitrogens is 4. The average molecular weight is 1780 g/mol. The monoisotopic (exact) mass is 1780 g/mol. The van der Waals surface area contributed by atoms with E-state index < -0.39 is 5.97 Å². The van der Waals surface area contributed by atoms with Gasteiger partial charge in [-0.15, -0.1) is 18.3 Å². The number of carbonyl (C=O) groups is 1. The molecule has 3 aromatic carbocycles. The summed E-state index contributed by atoms with van der Waals surface area (Å²) in [7, 11) is 1.35. The molecule has 413 valence electrons. The van der Waals surface area contributed by atoms with Crippen LogP contribution in [0.3, 0.4) is 0 Å². The number of aromatic amines is 1. The van der Waals surface area contributed by atoms with Gasteiger partial charge >= 0.3 is 193 Å². The third-order valence-electron chi connectivity index (χ3n) is 14.0. The Hall–Kier alpha value is -0.650. The first-order valence-electron chi connectivity index (χ1n) is 23.2. The number of allylic oxidation sites excluding steroid dienone is 1. The number of fused-ring (bicyclic) bond motifs is 7. The molecule has 5 N–H and O–H groups in total. The van der Waals surface area contributed by atoms with Crippen molar-refractivity contribution in [3.05, 3.63) is 122 Å². The van der Waals surface area contributed by atoms with Gasteiger partial charge in [0.25, 0.3) is 0 Å². The molecule has 3 aliphatic rings. The standard InChI is InChI=1S/C17H19N2O.C16H20O3.C15H18N2O.C5H4.C4H6.2CH4.I3.H3N2.W.3Y/c1-6-20-17-16-14(18-19-17)8-7-13-11(4)9(2)10(3)12(5)15(13)16;1-8-9(2)11(4)14-12(10(8)3)6-7-13(17)15(14)16(18)19-5;1-7-8(2)10(4)13-11(9(7)3)5-6-12-14(13)15(18)17-16-12;1-3-5-4-2;1-3-4-2;;;1-3-2;1-2;;;;/h7-8H2,1-5H3;17H,6-7H2,1-5H3;5-6H2,1-4H3,(H2,16,17,18);1H,2H3;1-2H3;2*1H4;;1H,2H2;;;;/q-1;;;;;;;2*-1;;;;/p-1. The molecule has 0 fully saturated rings. The molecule has 0 saturated heterocycles. The maximum atomic E-state index is 12.0. The number of terminal acetylenes is 1. The van der Waals surface area contributed by atoms with E-state index in [9.17, 15) is 14.7 Å². The molecule has 0 bridgehead atoms. The summed E-state index contributed by atoms with van der Waals surface area (Å²) in [5.74, 6) is 21.8. The van der Waals surface area contributed by atoms with Crippen LogP contribution in [0.4, 0.5) is 0 Å². The first-order valence-corrected chi connectivity index (χ1v) is 37.2. The fraction of sp³-hybridized carbons (Fsp3) is 0.424. The van der Waals surface area contributed by atoms with Gasteiger partial charge in [-0.2, -0.15) is 0 Å². The molecule has 2 aromatic heterocycles. The smallest absolute Gasteiger partial charge is 0 e. The summed E-state index contributed by atoms with van der Waals surface area (Å²) in [4.78, 5) is 23.9. The van der Waals surface area contributed by atoms with E-state index in [1.807, 2.05) is 27.7 Å². The number of aliphatic hydroxyl groups excluding tert-OH is 1. The molecule has 3 aliphatic carbocycles. The average Bonchev–Trinajstić information content (AvgIpc) is 3.97. The Morgan fingerprint density at radius 2 is 1.06 bits per heavy atom. The summed E-state index contributed by atoms with van der Waals surface area (Å²) >= 11 is 6.62. The predicted molar refractivity (Wildman–Crippen MR) is 320 cm³/mol. The zero-order valence-electron chi connectivity index (χ0n) is 46.6. The number of esters is 1. The molecule has 0 unspecified atom stereocenters. The van der Waals surface area contributed by atoms with Crippen molar-refractivity contribution >= 4 is 52.9 Å². The largest absolute Gasteiger partial charge is 0.615 e. The van der Waals surface area contributed by atoms with Crippen LogP contribution in [0.15, 0.2) is 10.6 Å². The number of methoxy groups -OCH3 is 1. The molecule has 77 heavy (non-hydrogen) atoms. The van der Waals surface area contributed by atoms with E-state index in [0.717, 1.165) is 75.4 Å². The van der Waals surface area contributed by atoms with Crippen molar-refractivity contribution in [2.24, 2.45) is 5.84 Å². The first-order chi connectivity index (χ1) is 34.1. The number of hydrogen-bond donors (Lipinski definition) is 3. The van der Waals surface area contributed by atoms with Gasteiger partial charge in [0.15, 0.2) is 0 Å². The Kier molecular flexibility index (Phi) is 43.6. The first kappa shape index (κ1) is 82.8. The fourth-order valence-corrected chi connectivity index (χ4v) is 9.57. The minimum absolute atomic E-state index is 0. The summed E-state index contributed by atoms with van der Waals surface area (Å²) in [6.07, 6.45) is 9.88. The minimum atomic E-state index is -0.454. The molecule has 0 aliphatic heterocycles. The summed E-state index contributed by atoms with van der Waals surface area (Å²) in [5, 5.41) is 25.4. The second kappa shape index (κ2) is 40.6. The van der Waals surface area contributed by atoms with Crippen LogP contribution in [0.5, 0.6) is 5.88 Å². The van der Waals surface area contributed by atoms with E-state index in [-0.39, 0.29) is 124 Å². The summed E-state index contributed by atoms with van der Waals surface area (Å²) in [6.45, 7) is 33.0. The van der Waals surface area contributed by atoms with Crippen molar-refractivity contribution in [2.45, 2.75) is 164 Å². The maximum absolute atomic E-state index is 12.0. The molecule has 0 saturated carbocycles. The van der Waals surface area contributed by atoms with Gasteiger partial charge in [-0.1, -0.05) is 20.8 Å². The van der Waals surface area contributed by atoms with Crippen molar-refractivity contribution < 1.29 is 150 Å². The number of carbonyl (C=O) groups excluding carboxylic acids is 1. The van der Waals surface area contributed by atoms with Crippen LogP contribution in [0.1, 0.15) is 149 Å². The van der Waals surface area contributed by atoms with E-state index >= 15 is 0 Å². The Labute approximate surface area is 578 Å². The van der Waals surface area contributed by atoms with E-state index in [1.165, 1.54) is 110 Å². The van der Waals surface area contributed by atoms with Gasteiger partial charge in [-0.05, 0) is 174 Å². The van der Waals surface area contributed by atoms with E-state index in [2.05, 4.69) is 169 Å². The Morgan fingerprint density at radius 1 is 0.675 bits per heavy atom. The zero-order chi connectivity index (χ0) is 54.9. The Morgan fingerprint density at radius 3 is 1.45 bits per heavy atom. The van der Waals surface area contributed by atoms with Gasteiger partial charge < -0.3 is 36.5 Å². The fourth-order valence-electron chi connectivity index (χ4n) is 9.28. The number of aliphatic hydroxyl groups is 1. The van der Waals surface area contributed by atoms with Gasteiger partial charge in [0.2, 0.25) is 0 Å². The number of aryl methyl sites for hydroxylation is 2. The SMILES string of the molecule is C.C.C#CC#CC.CC#CC.COC(=O)C1=C(O)CCc2c(C)c(C)c(C)c(C)c21.C[C](=[W])Oc1[n-]nc2c1-c1c(C)c(C)c(C)c(C)c1CC2.Cc1c(C)c(C)c2c(c1C)CCc1[nH][n-]c(=O)c1-2.I[I-]I.[NH-]N.[Y].[Y].[Y]. The van der Waals surface area contributed by atoms with Crippen molar-refractivity contribution in [2.75, 3.05) is 7.11 Å². The Bertz CT molecular complexity index is 3090. The van der Waals surface area contributed by atoms with Crippen LogP contribution in [0.2, 0.25) is 0 Å².